The Kier molecular flexibility index (Phi) is 3.52. The first-order chi connectivity index (χ1) is 10.1. The summed E-state index contributed by atoms with van der Waals surface area (Å²) in [4.78, 5) is 11.1. The predicted molar refractivity (Wildman–Crippen MR) is 84.2 cm³/mol. The topological polar surface area (TPSA) is 75.4 Å². The number of nitrogens with one attached hydrogen (secondary N) is 1. The summed E-state index contributed by atoms with van der Waals surface area (Å²) in [5, 5.41) is 12.4. The Morgan fingerprint density at radius 2 is 1.90 bits per heavy atom. The van der Waals surface area contributed by atoms with Gasteiger partial charge >= 0.3 is 5.97 Å². The number of carboxylic acid groups (broad SMARTS) is 1. The number of carbonyl (C=O) groups is 1. The molecular weight excluding hydrogens is 264 g/mol. The van der Waals surface area contributed by atoms with Gasteiger partial charge in [0.2, 0.25) is 0 Å². The normalized spacial score (nSPS) is 13.5. The van der Waals surface area contributed by atoms with Gasteiger partial charge in [-0.2, -0.15) is 0 Å². The number of benzene rings is 2. The monoisotopic (exact) mass is 282 g/mol. The molecule has 0 radical (unpaired) electrons. The summed E-state index contributed by atoms with van der Waals surface area (Å²) in [5.74, 6) is -0.951. The number of hydrogen-bond acceptors (Lipinski definition) is 3. The van der Waals surface area contributed by atoms with E-state index in [1.807, 2.05) is 12.1 Å². The summed E-state index contributed by atoms with van der Waals surface area (Å²) in [5.41, 5.74) is 11.1. The molecule has 0 spiro atoms. The van der Waals surface area contributed by atoms with Crippen molar-refractivity contribution in [1.29, 1.82) is 0 Å². The number of nitrogens with two attached hydrogens (primary N) is 1. The maximum absolute atomic E-state index is 11.1. The molecule has 0 saturated carbocycles. The van der Waals surface area contributed by atoms with E-state index in [0.29, 0.717) is 11.4 Å². The molecule has 0 saturated heterocycles. The number of aryl methyl sites for hydroxylation is 1. The van der Waals surface area contributed by atoms with Crippen LogP contribution in [-0.4, -0.2) is 11.1 Å². The fraction of sp³-hybridized carbons (Fsp3) is 0.235. The number of rotatable bonds is 3. The van der Waals surface area contributed by atoms with Gasteiger partial charge in [-0.1, -0.05) is 12.1 Å². The van der Waals surface area contributed by atoms with Crippen molar-refractivity contribution in [3.8, 4) is 0 Å². The Balaban J connectivity index is 1.97. The molecule has 4 heteroatoms. The number of hydrogen-bond donors (Lipinski definition) is 3. The molecule has 4 nitrogen and oxygen atoms in total. The third-order valence-corrected chi connectivity index (χ3v) is 3.97. The molecule has 1 aliphatic rings. The second kappa shape index (κ2) is 5.48. The lowest BCUT2D eigenvalue weighted by Crippen LogP contribution is -2.07. The Morgan fingerprint density at radius 1 is 1.10 bits per heavy atom. The van der Waals surface area contributed by atoms with E-state index < -0.39 is 5.97 Å². The molecule has 0 heterocycles. The fourth-order valence-corrected chi connectivity index (χ4v) is 2.84. The zero-order valence-electron chi connectivity index (χ0n) is 11.7. The molecular formula is C17H18N2O2. The van der Waals surface area contributed by atoms with Crippen LogP contribution >= 0.6 is 0 Å². The maximum Gasteiger partial charge on any atom is 0.335 e. The van der Waals surface area contributed by atoms with E-state index >= 15 is 0 Å². The molecule has 21 heavy (non-hydrogen) atoms. The highest BCUT2D eigenvalue weighted by Gasteiger charge is 2.14. The minimum atomic E-state index is -0.951. The van der Waals surface area contributed by atoms with E-state index in [1.54, 1.807) is 12.1 Å². The van der Waals surface area contributed by atoms with Crippen molar-refractivity contribution >= 4 is 23.0 Å². The first kappa shape index (κ1) is 13.5. The van der Waals surface area contributed by atoms with Gasteiger partial charge in [0.15, 0.2) is 0 Å². The second-order valence-corrected chi connectivity index (χ2v) is 5.38. The van der Waals surface area contributed by atoms with E-state index in [9.17, 15) is 4.79 Å². The van der Waals surface area contributed by atoms with Gasteiger partial charge in [0.05, 0.1) is 16.9 Å². The van der Waals surface area contributed by atoms with Crippen molar-refractivity contribution in [2.45, 2.75) is 25.7 Å². The van der Waals surface area contributed by atoms with E-state index in [4.69, 9.17) is 10.8 Å². The molecule has 4 N–H and O–H groups in total. The molecule has 0 aliphatic heterocycles. The van der Waals surface area contributed by atoms with Gasteiger partial charge in [-0.15, -0.1) is 0 Å². The molecule has 0 atom stereocenters. The van der Waals surface area contributed by atoms with Crippen LogP contribution in [0.5, 0.6) is 0 Å². The highest BCUT2D eigenvalue weighted by molar-refractivity contribution is 5.91. The largest absolute Gasteiger partial charge is 0.478 e. The van der Waals surface area contributed by atoms with Crippen molar-refractivity contribution in [2.75, 3.05) is 11.1 Å². The van der Waals surface area contributed by atoms with Gasteiger partial charge in [0.1, 0.15) is 0 Å². The highest BCUT2D eigenvalue weighted by Crippen LogP contribution is 2.32. The smallest absolute Gasteiger partial charge is 0.335 e. The zero-order chi connectivity index (χ0) is 14.8. The molecule has 0 amide bonds. The van der Waals surface area contributed by atoms with Crippen molar-refractivity contribution < 1.29 is 9.90 Å². The minimum absolute atomic E-state index is 0.233. The molecule has 2 aromatic carbocycles. The van der Waals surface area contributed by atoms with Crippen LogP contribution in [0.25, 0.3) is 0 Å². The molecule has 2 aromatic rings. The van der Waals surface area contributed by atoms with Crippen molar-refractivity contribution in [3.05, 3.63) is 53.1 Å². The lowest BCUT2D eigenvalue weighted by atomic mass is 9.90. The lowest BCUT2D eigenvalue weighted by molar-refractivity contribution is 0.0697. The van der Waals surface area contributed by atoms with Gasteiger partial charge in [0, 0.05) is 5.69 Å². The first-order valence-electron chi connectivity index (χ1n) is 7.16. The molecule has 0 bridgehead atoms. The predicted octanol–water partition coefficient (Wildman–Crippen LogP) is 3.59. The highest BCUT2D eigenvalue weighted by atomic mass is 16.4. The van der Waals surface area contributed by atoms with Crippen LogP contribution in [0.1, 0.15) is 34.3 Å². The van der Waals surface area contributed by atoms with Crippen LogP contribution in [0, 0.1) is 0 Å². The van der Waals surface area contributed by atoms with E-state index in [2.05, 4.69) is 11.4 Å². The fourth-order valence-electron chi connectivity index (χ4n) is 2.84. The number of anilines is 3. The number of aromatic carboxylic acids is 1. The van der Waals surface area contributed by atoms with E-state index in [0.717, 1.165) is 18.5 Å². The van der Waals surface area contributed by atoms with Crippen LogP contribution in [0.3, 0.4) is 0 Å². The van der Waals surface area contributed by atoms with Gasteiger partial charge in [-0.3, -0.25) is 0 Å². The Bertz CT molecular complexity index is 695. The standard InChI is InChI=1S/C17H18N2O2/c18-14-9-8-12(17(20)21)10-16(14)19-15-7-3-5-11-4-1-2-6-13(11)15/h3,5,7-10,19H,1-2,4,6,18H2,(H,20,21). The van der Waals surface area contributed by atoms with Crippen molar-refractivity contribution in [3.63, 3.8) is 0 Å². The third-order valence-electron chi connectivity index (χ3n) is 3.97. The SMILES string of the molecule is Nc1ccc(C(=O)O)cc1Nc1cccc2c1CCCC2. The molecule has 1 aliphatic carbocycles. The van der Waals surface area contributed by atoms with Crippen LogP contribution in [0.2, 0.25) is 0 Å². The second-order valence-electron chi connectivity index (χ2n) is 5.38. The summed E-state index contributed by atoms with van der Waals surface area (Å²) < 4.78 is 0. The number of nitrogen functional groups attached to an aromatic ring is 1. The van der Waals surface area contributed by atoms with Crippen LogP contribution in [-0.2, 0) is 12.8 Å². The average molecular weight is 282 g/mol. The average Bonchev–Trinajstić information content (AvgIpc) is 2.49. The number of fused-ring (bicyclic) bond motifs is 1. The molecule has 0 fully saturated rings. The Hall–Kier alpha value is -2.49. The maximum atomic E-state index is 11.1. The Morgan fingerprint density at radius 3 is 2.71 bits per heavy atom. The van der Waals surface area contributed by atoms with Crippen molar-refractivity contribution in [2.24, 2.45) is 0 Å². The Labute approximate surface area is 123 Å². The summed E-state index contributed by atoms with van der Waals surface area (Å²) in [7, 11) is 0. The van der Waals surface area contributed by atoms with Gasteiger partial charge in [-0.25, -0.2) is 4.79 Å². The summed E-state index contributed by atoms with van der Waals surface area (Å²) in [6, 6.07) is 10.9. The van der Waals surface area contributed by atoms with Crippen LogP contribution < -0.4 is 11.1 Å². The van der Waals surface area contributed by atoms with Gasteiger partial charge in [0.25, 0.3) is 0 Å². The molecule has 108 valence electrons. The first-order valence-corrected chi connectivity index (χ1v) is 7.16. The third kappa shape index (κ3) is 2.70. The molecule has 0 unspecified atom stereocenters. The van der Waals surface area contributed by atoms with Crippen molar-refractivity contribution in [1.82, 2.24) is 0 Å². The summed E-state index contributed by atoms with van der Waals surface area (Å²) in [6.07, 6.45) is 4.58. The van der Waals surface area contributed by atoms with Crippen LogP contribution in [0.15, 0.2) is 36.4 Å². The summed E-state index contributed by atoms with van der Waals surface area (Å²) in [6.45, 7) is 0. The zero-order valence-corrected chi connectivity index (χ0v) is 11.7. The van der Waals surface area contributed by atoms with Crippen LogP contribution in [0.4, 0.5) is 17.1 Å². The van der Waals surface area contributed by atoms with E-state index in [-0.39, 0.29) is 5.56 Å². The molecule has 3 rings (SSSR count). The van der Waals surface area contributed by atoms with Gasteiger partial charge in [-0.05, 0) is 61.1 Å². The quantitative estimate of drug-likeness (QED) is 0.752. The number of carboxylic acids is 1. The molecule has 0 aromatic heterocycles. The minimum Gasteiger partial charge on any atom is -0.478 e. The van der Waals surface area contributed by atoms with Gasteiger partial charge < -0.3 is 16.2 Å². The summed E-state index contributed by atoms with van der Waals surface area (Å²) >= 11 is 0. The lowest BCUT2D eigenvalue weighted by Gasteiger charge is -2.20. The van der Waals surface area contributed by atoms with E-state index in [1.165, 1.54) is 30.0 Å².